The van der Waals surface area contributed by atoms with Gasteiger partial charge < -0.3 is 5.32 Å². The Morgan fingerprint density at radius 2 is 1.85 bits per heavy atom. The second-order valence-electron chi connectivity index (χ2n) is 4.97. The van der Waals surface area contributed by atoms with Gasteiger partial charge in [0.05, 0.1) is 5.75 Å². The van der Waals surface area contributed by atoms with Crippen molar-refractivity contribution in [2.45, 2.75) is 32.2 Å². The Kier molecular flexibility index (Phi) is 6.55. The zero-order valence-corrected chi connectivity index (χ0v) is 12.6. The molecular weight excluding hydrogens is 284 g/mol. The minimum absolute atomic E-state index is 0.00442. The molecule has 0 aliphatic carbocycles. The van der Waals surface area contributed by atoms with Crippen LogP contribution in [0, 0.1) is 11.6 Å². The fourth-order valence-corrected chi connectivity index (χ4v) is 2.67. The Balaban J connectivity index is 2.78. The van der Waals surface area contributed by atoms with Crippen LogP contribution in [0.25, 0.3) is 0 Å². The molecule has 114 valence electrons. The summed E-state index contributed by atoms with van der Waals surface area (Å²) in [6.07, 6.45) is 2.52. The average molecular weight is 305 g/mol. The van der Waals surface area contributed by atoms with Gasteiger partial charge >= 0.3 is 0 Å². The Morgan fingerprint density at radius 1 is 1.25 bits per heavy atom. The van der Waals surface area contributed by atoms with Crippen LogP contribution in [0.15, 0.2) is 18.2 Å². The van der Waals surface area contributed by atoms with Crippen LogP contribution in [0.3, 0.4) is 0 Å². The molecule has 1 atom stereocenters. The lowest BCUT2D eigenvalue weighted by molar-refractivity contribution is 0.466. The van der Waals surface area contributed by atoms with Crippen LogP contribution in [0.5, 0.6) is 0 Å². The fourth-order valence-electron chi connectivity index (χ4n) is 1.95. The molecule has 0 aromatic heterocycles. The monoisotopic (exact) mass is 305 g/mol. The van der Waals surface area contributed by atoms with Crippen LogP contribution >= 0.6 is 0 Å². The van der Waals surface area contributed by atoms with E-state index in [2.05, 4.69) is 5.32 Å². The molecule has 1 aromatic carbocycles. The summed E-state index contributed by atoms with van der Waals surface area (Å²) in [4.78, 5) is 0. The second-order valence-corrected chi connectivity index (χ2v) is 7.23. The molecule has 0 heterocycles. The molecule has 0 aliphatic heterocycles. The molecule has 0 bridgehead atoms. The van der Waals surface area contributed by atoms with Crippen molar-refractivity contribution in [1.82, 2.24) is 5.32 Å². The van der Waals surface area contributed by atoms with Crippen LogP contribution in [0.2, 0.25) is 0 Å². The van der Waals surface area contributed by atoms with Crippen LogP contribution < -0.4 is 5.32 Å². The van der Waals surface area contributed by atoms with Gasteiger partial charge in [-0.1, -0.05) is 13.0 Å². The molecule has 1 N–H and O–H groups in total. The minimum Gasteiger partial charge on any atom is -0.314 e. The van der Waals surface area contributed by atoms with Gasteiger partial charge in [-0.15, -0.1) is 0 Å². The molecule has 1 aromatic rings. The fraction of sp³-hybridized carbons (Fsp3) is 0.571. The second kappa shape index (κ2) is 7.69. The third kappa shape index (κ3) is 5.96. The Labute approximate surface area is 119 Å². The van der Waals surface area contributed by atoms with Crippen molar-refractivity contribution in [3.05, 3.63) is 35.4 Å². The summed E-state index contributed by atoms with van der Waals surface area (Å²) < 4.78 is 49.7. The molecule has 0 radical (unpaired) electrons. The highest BCUT2D eigenvalue weighted by Gasteiger charge is 2.17. The quantitative estimate of drug-likeness (QED) is 0.801. The van der Waals surface area contributed by atoms with Crippen molar-refractivity contribution in [1.29, 1.82) is 0 Å². The lowest BCUT2D eigenvalue weighted by Gasteiger charge is -2.19. The van der Waals surface area contributed by atoms with E-state index in [0.717, 1.165) is 12.7 Å². The third-order valence-corrected chi connectivity index (χ3v) is 4.01. The summed E-state index contributed by atoms with van der Waals surface area (Å²) in [6, 6.07) is 3.49. The predicted octanol–water partition coefficient (Wildman–Crippen LogP) is 2.31. The number of hydrogen-bond donors (Lipinski definition) is 1. The van der Waals surface area contributed by atoms with Gasteiger partial charge in [0.2, 0.25) is 0 Å². The van der Waals surface area contributed by atoms with Gasteiger partial charge in [-0.05, 0) is 37.9 Å². The average Bonchev–Trinajstić information content (AvgIpc) is 2.35. The van der Waals surface area contributed by atoms with E-state index in [4.69, 9.17) is 0 Å². The molecule has 0 saturated heterocycles. The van der Waals surface area contributed by atoms with E-state index in [-0.39, 0.29) is 23.8 Å². The lowest BCUT2D eigenvalue weighted by atomic mass is 10.0. The van der Waals surface area contributed by atoms with Crippen molar-refractivity contribution in [2.24, 2.45) is 0 Å². The molecular formula is C14H21F2NO2S. The molecule has 0 fully saturated rings. The minimum atomic E-state index is -3.08. The smallest absolute Gasteiger partial charge is 0.147 e. The van der Waals surface area contributed by atoms with Gasteiger partial charge in [0.1, 0.15) is 21.5 Å². The van der Waals surface area contributed by atoms with Gasteiger partial charge in [-0.25, -0.2) is 17.2 Å². The van der Waals surface area contributed by atoms with Crippen molar-refractivity contribution >= 4 is 9.84 Å². The van der Waals surface area contributed by atoms with Crippen molar-refractivity contribution in [3.8, 4) is 0 Å². The standard InChI is InChI=1S/C14H21F2NO2S/c1-3-8-17-11(7-9-20(2,18)19)10-12-13(15)5-4-6-14(12)16/h4-6,11,17H,3,7-10H2,1-2H3. The molecule has 0 aliphatic rings. The Hall–Kier alpha value is -1.01. The number of sulfone groups is 1. The summed E-state index contributed by atoms with van der Waals surface area (Å²) >= 11 is 0. The first-order valence-electron chi connectivity index (χ1n) is 6.67. The largest absolute Gasteiger partial charge is 0.314 e. The van der Waals surface area contributed by atoms with Crippen LogP contribution in [-0.2, 0) is 16.3 Å². The first-order chi connectivity index (χ1) is 9.33. The summed E-state index contributed by atoms with van der Waals surface area (Å²) in [5.41, 5.74) is 0.00889. The van der Waals surface area contributed by atoms with Gasteiger partial charge in [-0.2, -0.15) is 0 Å². The zero-order chi connectivity index (χ0) is 15.2. The molecule has 0 amide bonds. The first-order valence-corrected chi connectivity index (χ1v) is 8.73. The van der Waals surface area contributed by atoms with Crippen molar-refractivity contribution in [3.63, 3.8) is 0 Å². The summed E-state index contributed by atoms with van der Waals surface area (Å²) in [5.74, 6) is -1.18. The number of halogens is 2. The van der Waals surface area contributed by atoms with E-state index in [0.29, 0.717) is 13.0 Å². The van der Waals surface area contributed by atoms with E-state index in [9.17, 15) is 17.2 Å². The topological polar surface area (TPSA) is 46.2 Å². The van der Waals surface area contributed by atoms with Crippen molar-refractivity contribution in [2.75, 3.05) is 18.6 Å². The first kappa shape index (κ1) is 17.0. The van der Waals surface area contributed by atoms with Gasteiger partial charge in [0, 0.05) is 17.9 Å². The molecule has 0 spiro atoms. The summed E-state index contributed by atoms with van der Waals surface area (Å²) in [6.45, 7) is 2.66. The van der Waals surface area contributed by atoms with Gasteiger partial charge in [0.25, 0.3) is 0 Å². The Bertz CT molecular complexity index is 512. The van der Waals surface area contributed by atoms with Crippen LogP contribution in [0.1, 0.15) is 25.3 Å². The number of benzene rings is 1. The van der Waals surface area contributed by atoms with Crippen LogP contribution in [0.4, 0.5) is 8.78 Å². The zero-order valence-electron chi connectivity index (χ0n) is 11.8. The maximum absolute atomic E-state index is 13.6. The summed E-state index contributed by atoms with van der Waals surface area (Å²) in [5, 5.41) is 3.15. The SMILES string of the molecule is CCCNC(CCS(C)(=O)=O)Cc1c(F)cccc1F. The van der Waals surface area contributed by atoms with E-state index in [1.165, 1.54) is 18.2 Å². The highest BCUT2D eigenvalue weighted by molar-refractivity contribution is 7.90. The summed E-state index contributed by atoms with van der Waals surface area (Å²) in [7, 11) is -3.08. The Morgan fingerprint density at radius 3 is 2.35 bits per heavy atom. The van der Waals surface area contributed by atoms with Gasteiger partial charge in [0.15, 0.2) is 0 Å². The number of nitrogens with one attached hydrogen (secondary N) is 1. The van der Waals surface area contributed by atoms with Crippen LogP contribution in [-0.4, -0.2) is 33.0 Å². The predicted molar refractivity (Wildman–Crippen MR) is 76.5 cm³/mol. The van der Waals surface area contributed by atoms with Gasteiger partial charge in [-0.3, -0.25) is 0 Å². The van der Waals surface area contributed by atoms with Crippen molar-refractivity contribution < 1.29 is 17.2 Å². The van der Waals surface area contributed by atoms with E-state index in [1.807, 2.05) is 6.92 Å². The normalized spacial score (nSPS) is 13.4. The maximum Gasteiger partial charge on any atom is 0.147 e. The van der Waals surface area contributed by atoms with E-state index >= 15 is 0 Å². The van der Waals surface area contributed by atoms with E-state index in [1.54, 1.807) is 0 Å². The van der Waals surface area contributed by atoms with E-state index < -0.39 is 21.5 Å². The number of hydrogen-bond acceptors (Lipinski definition) is 3. The molecule has 1 unspecified atom stereocenters. The third-order valence-electron chi connectivity index (χ3n) is 3.03. The highest BCUT2D eigenvalue weighted by atomic mass is 32.2. The molecule has 0 saturated carbocycles. The molecule has 1 rings (SSSR count). The molecule has 3 nitrogen and oxygen atoms in total. The molecule has 20 heavy (non-hydrogen) atoms. The lowest BCUT2D eigenvalue weighted by Crippen LogP contribution is -2.34. The molecule has 6 heteroatoms. The highest BCUT2D eigenvalue weighted by Crippen LogP contribution is 2.15. The number of rotatable bonds is 8. The maximum atomic E-state index is 13.6.